The Bertz CT molecular complexity index is 1370. The Morgan fingerprint density at radius 2 is 1.70 bits per heavy atom. The second-order valence-corrected chi connectivity index (χ2v) is 15.1. The Labute approximate surface area is 285 Å². The summed E-state index contributed by atoms with van der Waals surface area (Å²) < 4.78 is 0. The van der Waals surface area contributed by atoms with E-state index in [-0.39, 0.29) is 30.0 Å². The van der Waals surface area contributed by atoms with E-state index in [9.17, 15) is 4.79 Å². The summed E-state index contributed by atoms with van der Waals surface area (Å²) in [5.41, 5.74) is 10.6. The van der Waals surface area contributed by atoms with Crippen molar-refractivity contribution in [3.05, 3.63) is 29.3 Å². The Hall–Kier alpha value is -2.99. The number of nitrogens with two attached hydrogens (primary N) is 1. The number of fused-ring (bicyclic) bond motifs is 1. The Morgan fingerprint density at radius 1 is 1.06 bits per heavy atom. The summed E-state index contributed by atoms with van der Waals surface area (Å²) in [5.74, 6) is 3.56. The summed E-state index contributed by atoms with van der Waals surface area (Å²) in [4.78, 5) is 27.2. The minimum atomic E-state index is -0.453. The number of nitrogen functional groups attached to an aromatic ring is 1. The third-order valence-corrected chi connectivity index (χ3v) is 9.57. The number of piperazine rings is 1. The number of benzene rings is 1. The molecule has 1 aromatic heterocycles. The van der Waals surface area contributed by atoms with Crippen molar-refractivity contribution in [1.29, 1.82) is 0 Å². The number of terminal acetylenes is 1. The van der Waals surface area contributed by atoms with Crippen molar-refractivity contribution in [3.8, 4) is 12.3 Å². The van der Waals surface area contributed by atoms with E-state index in [1.54, 1.807) is 0 Å². The quantitative estimate of drug-likeness (QED) is 0.151. The van der Waals surface area contributed by atoms with Crippen molar-refractivity contribution in [2.24, 2.45) is 21.2 Å². The van der Waals surface area contributed by atoms with Crippen molar-refractivity contribution in [2.45, 2.75) is 107 Å². The van der Waals surface area contributed by atoms with Crippen molar-refractivity contribution < 1.29 is 15.0 Å². The molecule has 1 fully saturated rings. The number of carbonyl (C=O) groups excluding carboxylic acids is 1. The molecule has 0 bridgehead atoms. The van der Waals surface area contributed by atoms with Crippen LogP contribution in [0.3, 0.4) is 0 Å². The van der Waals surface area contributed by atoms with Crippen LogP contribution in [0.5, 0.6) is 0 Å². The summed E-state index contributed by atoms with van der Waals surface area (Å²) in [5, 5.41) is 18.4. The number of pyridine rings is 1. The number of amides is 1. The first-order valence-corrected chi connectivity index (χ1v) is 17.5. The number of hydrogen-bond acceptors (Lipinski definition) is 7. The summed E-state index contributed by atoms with van der Waals surface area (Å²) >= 11 is 0. The molecule has 1 amide bonds. The van der Waals surface area contributed by atoms with Crippen molar-refractivity contribution >= 4 is 34.0 Å². The van der Waals surface area contributed by atoms with Gasteiger partial charge in [0.1, 0.15) is 11.5 Å². The predicted octanol–water partition coefficient (Wildman–Crippen LogP) is 6.95. The first-order chi connectivity index (χ1) is 22.0. The molecule has 0 unspecified atom stereocenters. The maximum atomic E-state index is 13.2. The van der Waals surface area contributed by atoms with E-state index in [1.165, 1.54) is 5.56 Å². The van der Waals surface area contributed by atoms with Gasteiger partial charge in [-0.1, -0.05) is 53.2 Å². The lowest BCUT2D eigenvalue weighted by Crippen LogP contribution is -2.52. The average Bonchev–Trinajstić information content (AvgIpc) is 3.05. The number of carbonyl (C=O) groups is 1. The molecule has 1 aromatic carbocycles. The molecular formula is C39H63N5O3. The molecule has 8 nitrogen and oxygen atoms in total. The highest BCUT2D eigenvalue weighted by atomic mass is 16.3. The molecule has 1 saturated heterocycles. The minimum absolute atomic E-state index is 0.0694. The van der Waals surface area contributed by atoms with E-state index in [1.807, 2.05) is 46.4 Å². The van der Waals surface area contributed by atoms with E-state index in [0.29, 0.717) is 12.2 Å². The van der Waals surface area contributed by atoms with Gasteiger partial charge in [-0.2, -0.15) is 0 Å². The lowest BCUT2D eigenvalue weighted by atomic mass is 9.74. The highest BCUT2D eigenvalue weighted by molar-refractivity contribution is 5.93. The molecule has 262 valence electrons. The molecule has 1 aliphatic rings. The number of anilines is 1. The molecule has 3 rings (SSSR count). The zero-order chi connectivity index (χ0) is 35.4. The van der Waals surface area contributed by atoms with E-state index in [2.05, 4.69) is 49.8 Å². The van der Waals surface area contributed by atoms with E-state index >= 15 is 0 Å². The summed E-state index contributed by atoms with van der Waals surface area (Å²) in [6, 6.07) is 6.55. The zero-order valence-corrected chi connectivity index (χ0v) is 30.9. The molecule has 0 aliphatic carbocycles. The SMILES string of the molecule is C#CC(C)(C)CC(C)(C)C(=O)N1CCN(CCCc2ccc3c(C)c(N=C(C)CCCC)c(N)nc3c2)CC1.CCC(C)(CO)CO. The number of rotatable bonds is 14. The molecular weight excluding hydrogens is 586 g/mol. The van der Waals surface area contributed by atoms with Gasteiger partial charge in [-0.3, -0.25) is 14.7 Å². The van der Waals surface area contributed by atoms with Crippen LogP contribution in [0.2, 0.25) is 0 Å². The van der Waals surface area contributed by atoms with Gasteiger partial charge < -0.3 is 20.8 Å². The monoisotopic (exact) mass is 649 g/mol. The Morgan fingerprint density at radius 3 is 2.23 bits per heavy atom. The molecule has 0 saturated carbocycles. The maximum Gasteiger partial charge on any atom is 0.228 e. The van der Waals surface area contributed by atoms with Gasteiger partial charge in [0.2, 0.25) is 5.91 Å². The molecule has 0 radical (unpaired) electrons. The van der Waals surface area contributed by atoms with E-state index in [4.69, 9.17) is 32.3 Å². The van der Waals surface area contributed by atoms with Crippen LogP contribution < -0.4 is 5.73 Å². The zero-order valence-electron chi connectivity index (χ0n) is 30.9. The summed E-state index contributed by atoms with van der Waals surface area (Å²) in [7, 11) is 0. The number of unbranched alkanes of at least 4 members (excludes halogenated alkanes) is 1. The van der Waals surface area contributed by atoms with Crippen LogP contribution in [0.15, 0.2) is 23.2 Å². The number of nitrogens with zero attached hydrogens (tertiary/aromatic N) is 4. The average molecular weight is 650 g/mol. The Kier molecular flexibility index (Phi) is 15.4. The van der Waals surface area contributed by atoms with Crippen LogP contribution in [0, 0.1) is 35.5 Å². The third-order valence-electron chi connectivity index (χ3n) is 9.57. The predicted molar refractivity (Wildman–Crippen MR) is 198 cm³/mol. The largest absolute Gasteiger partial charge is 0.396 e. The fourth-order valence-electron chi connectivity index (χ4n) is 6.08. The molecule has 47 heavy (non-hydrogen) atoms. The fraction of sp³-hybridized carbons (Fsp3) is 0.667. The molecule has 0 spiro atoms. The molecule has 0 atom stereocenters. The van der Waals surface area contributed by atoms with Gasteiger partial charge in [0, 0.05) is 53.5 Å². The molecule has 2 heterocycles. The van der Waals surface area contributed by atoms with Crippen LogP contribution in [0.25, 0.3) is 10.9 Å². The van der Waals surface area contributed by atoms with Gasteiger partial charge in [-0.15, -0.1) is 12.3 Å². The van der Waals surface area contributed by atoms with Gasteiger partial charge in [-0.25, -0.2) is 4.98 Å². The number of aliphatic hydroxyl groups is 2. The second-order valence-electron chi connectivity index (χ2n) is 15.1. The first kappa shape index (κ1) is 40.2. The van der Waals surface area contributed by atoms with E-state index < -0.39 is 5.41 Å². The number of hydrogen-bond donors (Lipinski definition) is 3. The lowest BCUT2D eigenvalue weighted by Gasteiger charge is -2.40. The highest BCUT2D eigenvalue weighted by Crippen LogP contribution is 2.35. The van der Waals surface area contributed by atoms with Gasteiger partial charge in [0.25, 0.3) is 0 Å². The first-order valence-electron chi connectivity index (χ1n) is 17.5. The van der Waals surface area contributed by atoms with E-state index in [0.717, 1.165) is 99.1 Å². The smallest absolute Gasteiger partial charge is 0.228 e. The van der Waals surface area contributed by atoms with Crippen LogP contribution in [0.1, 0.15) is 105 Å². The van der Waals surface area contributed by atoms with Crippen LogP contribution >= 0.6 is 0 Å². The molecule has 2 aromatic rings. The lowest BCUT2D eigenvalue weighted by molar-refractivity contribution is -0.143. The van der Waals surface area contributed by atoms with Gasteiger partial charge in [-0.05, 0) is 90.0 Å². The maximum absolute atomic E-state index is 13.2. The van der Waals surface area contributed by atoms with Crippen molar-refractivity contribution in [1.82, 2.24) is 14.8 Å². The number of aliphatic hydroxyl groups excluding tert-OH is 2. The number of aliphatic imine (C=N–C) groups is 1. The standard InChI is InChI=1S/C33H49N5O.C6H14O2/c1-9-11-13-24(3)35-29-25(4)27-16-15-26(22-28(27)36-30(29)34)14-12-17-37-18-20-38(21-19-37)31(39)33(7,8)23-32(5,6)10-2;1-3-6(2,4-7)5-8/h2,15-16,22H,9,11-14,17-21,23H2,1,3-8H3,(H2,34,36);7-8H,3-5H2,1-2H3. The van der Waals surface area contributed by atoms with Crippen LogP contribution in [-0.4, -0.2) is 82.6 Å². The summed E-state index contributed by atoms with van der Waals surface area (Å²) in [6.07, 6.45) is 12.5. The fourth-order valence-corrected chi connectivity index (χ4v) is 6.08. The van der Waals surface area contributed by atoms with Crippen LogP contribution in [-0.2, 0) is 11.2 Å². The molecule has 8 heteroatoms. The second kappa shape index (κ2) is 18.0. The summed E-state index contributed by atoms with van der Waals surface area (Å²) in [6.45, 7) is 22.8. The van der Waals surface area contributed by atoms with Crippen molar-refractivity contribution in [3.63, 3.8) is 0 Å². The normalized spacial score (nSPS) is 14.9. The minimum Gasteiger partial charge on any atom is -0.396 e. The van der Waals surface area contributed by atoms with Gasteiger partial charge >= 0.3 is 0 Å². The van der Waals surface area contributed by atoms with Crippen molar-refractivity contribution in [2.75, 3.05) is 51.7 Å². The highest BCUT2D eigenvalue weighted by Gasteiger charge is 2.37. The van der Waals surface area contributed by atoms with Gasteiger partial charge in [0.15, 0.2) is 0 Å². The number of aromatic nitrogens is 1. The number of aryl methyl sites for hydroxylation is 2. The molecule has 4 N–H and O–H groups in total. The van der Waals surface area contributed by atoms with Gasteiger partial charge in [0.05, 0.1) is 18.7 Å². The molecule has 1 aliphatic heterocycles. The topological polar surface area (TPSA) is 115 Å². The van der Waals surface area contributed by atoms with Crippen LogP contribution in [0.4, 0.5) is 11.5 Å². The Balaban J connectivity index is 0.000000849. The third kappa shape index (κ3) is 11.9.